The smallest absolute Gasteiger partial charge is 0.328 e. The molecule has 1 aliphatic rings. The van der Waals surface area contributed by atoms with Crippen molar-refractivity contribution in [2.75, 3.05) is 19.6 Å². The Morgan fingerprint density at radius 1 is 1.28 bits per heavy atom. The van der Waals surface area contributed by atoms with Gasteiger partial charge in [0, 0.05) is 25.6 Å². The van der Waals surface area contributed by atoms with Crippen LogP contribution in [0.2, 0.25) is 0 Å². The minimum atomic E-state index is -3.77. The van der Waals surface area contributed by atoms with Crippen molar-refractivity contribution in [3.05, 3.63) is 30.3 Å². The molecule has 1 fully saturated rings. The van der Waals surface area contributed by atoms with E-state index in [0.29, 0.717) is 12.5 Å². The summed E-state index contributed by atoms with van der Waals surface area (Å²) in [6, 6.07) is 7.10. The zero-order valence-corrected chi connectivity index (χ0v) is 10.5. The Bertz CT molecular complexity index is 512. The zero-order valence-electron chi connectivity index (χ0n) is 9.72. The van der Waals surface area contributed by atoms with Gasteiger partial charge < -0.3 is 10.6 Å². The Morgan fingerprint density at radius 2 is 1.94 bits per heavy atom. The first-order valence-electron chi connectivity index (χ1n) is 5.64. The predicted molar refractivity (Wildman–Crippen MR) is 66.5 cm³/mol. The van der Waals surface area contributed by atoms with Crippen LogP contribution in [0, 0.1) is 5.92 Å². The van der Waals surface area contributed by atoms with Crippen molar-refractivity contribution in [1.82, 2.24) is 15.4 Å². The van der Waals surface area contributed by atoms with Crippen LogP contribution in [0.5, 0.6) is 0 Å². The van der Waals surface area contributed by atoms with E-state index >= 15 is 0 Å². The molecule has 0 unspecified atom stereocenters. The molecule has 98 valence electrons. The maximum atomic E-state index is 11.8. The van der Waals surface area contributed by atoms with E-state index in [9.17, 15) is 13.2 Å². The number of hydrogen-bond acceptors (Lipinski definition) is 4. The topological polar surface area (TPSA) is 87.3 Å². The molecule has 0 radical (unpaired) electrons. The largest absolute Gasteiger partial charge is 0.337 e. The molecule has 0 saturated carbocycles. The van der Waals surface area contributed by atoms with Crippen molar-refractivity contribution in [2.45, 2.75) is 4.90 Å². The van der Waals surface area contributed by atoms with Gasteiger partial charge in [0.15, 0.2) is 0 Å². The molecule has 2 rings (SSSR count). The summed E-state index contributed by atoms with van der Waals surface area (Å²) in [5.74, 6) is 0.384. The van der Waals surface area contributed by atoms with Crippen molar-refractivity contribution in [2.24, 2.45) is 5.92 Å². The molecule has 2 amide bonds. The molecular weight excluding hydrogens is 254 g/mol. The number of amides is 2. The molecule has 7 heteroatoms. The highest BCUT2D eigenvalue weighted by molar-refractivity contribution is 7.90. The Hall–Kier alpha value is -1.60. The van der Waals surface area contributed by atoms with Gasteiger partial charge >= 0.3 is 6.03 Å². The maximum Gasteiger partial charge on any atom is 0.328 e. The van der Waals surface area contributed by atoms with E-state index in [4.69, 9.17) is 0 Å². The van der Waals surface area contributed by atoms with Gasteiger partial charge in [-0.3, -0.25) is 0 Å². The zero-order chi connectivity index (χ0) is 13.0. The summed E-state index contributed by atoms with van der Waals surface area (Å²) in [7, 11) is -3.77. The first kappa shape index (κ1) is 12.8. The number of rotatable bonds is 4. The normalized spacial score (nSPS) is 15.8. The van der Waals surface area contributed by atoms with E-state index in [0.717, 1.165) is 13.1 Å². The van der Waals surface area contributed by atoms with Crippen molar-refractivity contribution >= 4 is 16.1 Å². The van der Waals surface area contributed by atoms with Gasteiger partial charge in [0.2, 0.25) is 0 Å². The van der Waals surface area contributed by atoms with E-state index < -0.39 is 16.1 Å². The van der Waals surface area contributed by atoms with Crippen LogP contribution in [0.1, 0.15) is 0 Å². The van der Waals surface area contributed by atoms with Crippen LogP contribution in [0.3, 0.4) is 0 Å². The number of sulfonamides is 1. The standard InChI is InChI=1S/C11H15N3O3S/c15-11(13-8-9-6-12-7-9)14-18(16,17)10-4-2-1-3-5-10/h1-5,9,12H,6-8H2,(H2,13,14,15). The van der Waals surface area contributed by atoms with E-state index in [-0.39, 0.29) is 4.90 Å². The SMILES string of the molecule is O=C(NCC1CNC1)NS(=O)(=O)c1ccccc1. The molecular formula is C11H15N3O3S. The average Bonchev–Trinajstić information content (AvgIpc) is 2.27. The molecule has 0 bridgehead atoms. The molecule has 1 aromatic rings. The molecule has 0 atom stereocenters. The monoisotopic (exact) mass is 269 g/mol. The lowest BCUT2D eigenvalue weighted by atomic mass is 10.0. The van der Waals surface area contributed by atoms with Crippen LogP contribution >= 0.6 is 0 Å². The Balaban J connectivity index is 1.89. The summed E-state index contributed by atoms with van der Waals surface area (Å²) in [5.41, 5.74) is 0. The molecule has 6 nitrogen and oxygen atoms in total. The molecule has 1 aromatic carbocycles. The molecule has 18 heavy (non-hydrogen) atoms. The van der Waals surface area contributed by atoms with Gasteiger partial charge in [0.05, 0.1) is 4.90 Å². The summed E-state index contributed by atoms with van der Waals surface area (Å²) in [4.78, 5) is 11.5. The molecule has 1 aliphatic heterocycles. The molecule has 0 aliphatic carbocycles. The van der Waals surface area contributed by atoms with Crippen molar-refractivity contribution < 1.29 is 13.2 Å². The quantitative estimate of drug-likeness (QED) is 0.712. The maximum absolute atomic E-state index is 11.8. The van der Waals surface area contributed by atoms with Gasteiger partial charge in [-0.25, -0.2) is 17.9 Å². The first-order valence-corrected chi connectivity index (χ1v) is 7.12. The summed E-state index contributed by atoms with van der Waals surface area (Å²) in [6.07, 6.45) is 0. The van der Waals surface area contributed by atoms with Crippen molar-refractivity contribution in [3.63, 3.8) is 0 Å². The summed E-state index contributed by atoms with van der Waals surface area (Å²) < 4.78 is 25.6. The Labute approximate surface area is 106 Å². The minimum Gasteiger partial charge on any atom is -0.337 e. The molecule has 1 heterocycles. The van der Waals surface area contributed by atoms with Gasteiger partial charge in [-0.2, -0.15) is 0 Å². The van der Waals surface area contributed by atoms with E-state index in [1.54, 1.807) is 18.2 Å². The molecule has 0 spiro atoms. The van der Waals surface area contributed by atoms with Crippen LogP contribution in [0.25, 0.3) is 0 Å². The molecule has 3 N–H and O–H groups in total. The number of hydrogen-bond donors (Lipinski definition) is 3. The number of benzene rings is 1. The summed E-state index contributed by atoms with van der Waals surface area (Å²) >= 11 is 0. The van der Waals surface area contributed by atoms with Crippen LogP contribution in [-0.4, -0.2) is 34.1 Å². The Morgan fingerprint density at radius 3 is 2.50 bits per heavy atom. The van der Waals surface area contributed by atoms with E-state index in [2.05, 4.69) is 10.6 Å². The highest BCUT2D eigenvalue weighted by Gasteiger charge is 2.20. The number of nitrogens with one attached hydrogen (secondary N) is 3. The fraction of sp³-hybridized carbons (Fsp3) is 0.364. The predicted octanol–water partition coefficient (Wildman–Crippen LogP) is -0.106. The average molecular weight is 269 g/mol. The fourth-order valence-electron chi connectivity index (χ4n) is 1.55. The summed E-state index contributed by atoms with van der Waals surface area (Å²) in [6.45, 7) is 2.18. The van der Waals surface area contributed by atoms with E-state index in [1.165, 1.54) is 12.1 Å². The van der Waals surface area contributed by atoms with Gasteiger partial charge in [-0.15, -0.1) is 0 Å². The molecule has 0 aromatic heterocycles. The second-order valence-corrected chi connectivity index (χ2v) is 5.84. The van der Waals surface area contributed by atoms with Crippen LogP contribution in [0.4, 0.5) is 4.79 Å². The van der Waals surface area contributed by atoms with E-state index in [1.807, 2.05) is 4.72 Å². The number of urea groups is 1. The second-order valence-electron chi connectivity index (χ2n) is 4.15. The van der Waals surface area contributed by atoms with Gasteiger partial charge in [-0.05, 0) is 12.1 Å². The third-order valence-electron chi connectivity index (χ3n) is 2.70. The van der Waals surface area contributed by atoms with Crippen LogP contribution in [-0.2, 0) is 10.0 Å². The number of carbonyl (C=O) groups excluding carboxylic acids is 1. The van der Waals surface area contributed by atoms with Gasteiger partial charge in [0.1, 0.15) is 0 Å². The Kier molecular flexibility index (Phi) is 3.83. The van der Waals surface area contributed by atoms with Crippen LogP contribution < -0.4 is 15.4 Å². The number of carbonyl (C=O) groups is 1. The lowest BCUT2D eigenvalue weighted by Crippen LogP contribution is -2.50. The van der Waals surface area contributed by atoms with Gasteiger partial charge in [-0.1, -0.05) is 18.2 Å². The van der Waals surface area contributed by atoms with Crippen LogP contribution in [0.15, 0.2) is 35.2 Å². The first-order chi connectivity index (χ1) is 8.58. The lowest BCUT2D eigenvalue weighted by Gasteiger charge is -2.26. The lowest BCUT2D eigenvalue weighted by molar-refractivity contribution is 0.240. The highest BCUT2D eigenvalue weighted by atomic mass is 32.2. The summed E-state index contributed by atoms with van der Waals surface area (Å²) in [5, 5.41) is 5.61. The van der Waals surface area contributed by atoms with Crippen molar-refractivity contribution in [1.29, 1.82) is 0 Å². The van der Waals surface area contributed by atoms with Gasteiger partial charge in [0.25, 0.3) is 10.0 Å². The van der Waals surface area contributed by atoms with Crippen molar-refractivity contribution in [3.8, 4) is 0 Å². The highest BCUT2D eigenvalue weighted by Crippen LogP contribution is 2.06. The minimum absolute atomic E-state index is 0.0745. The third kappa shape index (κ3) is 3.21. The second kappa shape index (κ2) is 5.36. The fourth-order valence-corrected chi connectivity index (χ4v) is 2.50. The molecule has 1 saturated heterocycles. The third-order valence-corrected chi connectivity index (χ3v) is 4.04.